The summed E-state index contributed by atoms with van der Waals surface area (Å²) >= 11 is 0. The van der Waals surface area contributed by atoms with Crippen LogP contribution in [0.4, 0.5) is 23.1 Å². The number of nitrogens with one attached hydrogen (secondary N) is 2. The van der Waals surface area contributed by atoms with Crippen molar-refractivity contribution >= 4 is 29.0 Å². The number of amides is 1. The molecule has 26 heavy (non-hydrogen) atoms. The molecule has 1 saturated carbocycles. The quantitative estimate of drug-likeness (QED) is 0.827. The largest absolute Gasteiger partial charge is 0.341 e. The highest BCUT2D eigenvalue weighted by Crippen LogP contribution is 2.32. The maximum Gasteiger partial charge on any atom is 0.227 e. The predicted octanol–water partition coefficient (Wildman–Crippen LogP) is 3.87. The topological polar surface area (TPSA) is 70.2 Å². The van der Waals surface area contributed by atoms with Gasteiger partial charge in [-0.3, -0.25) is 4.79 Å². The molecular formula is C20H25N5O. The van der Waals surface area contributed by atoms with Crippen LogP contribution in [-0.4, -0.2) is 29.0 Å². The average molecular weight is 351 g/mol. The molecule has 6 heteroatoms. The van der Waals surface area contributed by atoms with Gasteiger partial charge in [0.15, 0.2) is 0 Å². The fraction of sp³-hybridized carbons (Fsp3) is 0.450. The van der Waals surface area contributed by atoms with Gasteiger partial charge in [0.1, 0.15) is 5.82 Å². The maximum absolute atomic E-state index is 11.9. The van der Waals surface area contributed by atoms with E-state index < -0.39 is 0 Å². The van der Waals surface area contributed by atoms with Gasteiger partial charge in [-0.2, -0.15) is 4.98 Å². The van der Waals surface area contributed by atoms with Gasteiger partial charge in [-0.15, -0.1) is 0 Å². The van der Waals surface area contributed by atoms with Crippen molar-refractivity contribution in [3.8, 4) is 0 Å². The third-order valence-corrected chi connectivity index (χ3v) is 4.84. The minimum Gasteiger partial charge on any atom is -0.341 e. The van der Waals surface area contributed by atoms with Crippen molar-refractivity contribution in [1.29, 1.82) is 0 Å². The first kappa shape index (κ1) is 16.8. The molecule has 0 radical (unpaired) electrons. The Morgan fingerprint density at radius 3 is 2.50 bits per heavy atom. The molecule has 2 heterocycles. The maximum atomic E-state index is 11.9. The summed E-state index contributed by atoms with van der Waals surface area (Å²) in [6.45, 7) is 4.04. The Bertz CT molecular complexity index is 779. The normalized spacial score (nSPS) is 16.6. The van der Waals surface area contributed by atoms with Crippen LogP contribution in [0.25, 0.3) is 0 Å². The molecule has 0 spiro atoms. The monoisotopic (exact) mass is 351 g/mol. The Balaban J connectivity index is 1.41. The van der Waals surface area contributed by atoms with Crippen molar-refractivity contribution in [2.75, 3.05) is 28.6 Å². The fourth-order valence-electron chi connectivity index (χ4n) is 3.26. The Hall–Kier alpha value is -2.63. The first-order chi connectivity index (χ1) is 12.7. The Labute approximate surface area is 154 Å². The first-order valence-corrected chi connectivity index (χ1v) is 9.43. The Morgan fingerprint density at radius 1 is 1.12 bits per heavy atom. The molecule has 2 aromatic rings. The molecule has 1 aliphatic heterocycles. The number of aryl methyl sites for hydroxylation is 1. The van der Waals surface area contributed by atoms with Gasteiger partial charge < -0.3 is 15.5 Å². The van der Waals surface area contributed by atoms with Gasteiger partial charge in [0, 0.05) is 42.6 Å². The van der Waals surface area contributed by atoms with Crippen LogP contribution < -0.4 is 15.5 Å². The van der Waals surface area contributed by atoms with Crippen molar-refractivity contribution in [1.82, 2.24) is 9.97 Å². The summed E-state index contributed by atoms with van der Waals surface area (Å²) in [6.07, 6.45) is 5.42. The van der Waals surface area contributed by atoms with Crippen LogP contribution in [0.1, 0.15) is 37.8 Å². The van der Waals surface area contributed by atoms with Gasteiger partial charge in [-0.25, -0.2) is 4.98 Å². The number of carbonyl (C=O) groups is 1. The van der Waals surface area contributed by atoms with E-state index in [0.717, 1.165) is 41.9 Å². The standard InChI is InChI=1S/C20H25N5O/c1-14-12-18(24-20(21-14)25-10-2-3-11-25)22-16-6-8-17(9-7-16)23-19(26)13-15-4-5-15/h6-9,12,15H,2-5,10-11,13H2,1H3,(H,23,26)(H,21,22,24). The molecule has 2 N–H and O–H groups in total. The van der Waals surface area contributed by atoms with Gasteiger partial charge in [0.25, 0.3) is 0 Å². The lowest BCUT2D eigenvalue weighted by molar-refractivity contribution is -0.116. The minimum absolute atomic E-state index is 0.106. The fourth-order valence-corrected chi connectivity index (χ4v) is 3.26. The van der Waals surface area contributed by atoms with Crippen molar-refractivity contribution < 1.29 is 4.79 Å². The van der Waals surface area contributed by atoms with E-state index >= 15 is 0 Å². The molecule has 1 amide bonds. The van der Waals surface area contributed by atoms with E-state index in [1.807, 2.05) is 37.3 Å². The number of hydrogen-bond acceptors (Lipinski definition) is 5. The van der Waals surface area contributed by atoms with E-state index in [2.05, 4.69) is 25.5 Å². The van der Waals surface area contributed by atoms with Crippen molar-refractivity contribution in [2.24, 2.45) is 5.92 Å². The molecule has 0 unspecified atom stereocenters. The third kappa shape index (κ3) is 4.31. The summed E-state index contributed by atoms with van der Waals surface area (Å²) in [5.74, 6) is 2.30. The predicted molar refractivity (Wildman–Crippen MR) is 104 cm³/mol. The van der Waals surface area contributed by atoms with Crippen molar-refractivity contribution in [2.45, 2.75) is 39.0 Å². The number of carbonyl (C=O) groups excluding carboxylic acids is 1. The Kier molecular flexibility index (Phi) is 4.73. The molecule has 1 aromatic carbocycles. The van der Waals surface area contributed by atoms with E-state index in [1.165, 1.54) is 25.7 Å². The highest BCUT2D eigenvalue weighted by molar-refractivity contribution is 5.91. The molecule has 2 fully saturated rings. The number of aromatic nitrogens is 2. The van der Waals surface area contributed by atoms with Gasteiger partial charge in [0.05, 0.1) is 0 Å². The zero-order valence-electron chi connectivity index (χ0n) is 15.2. The number of rotatable bonds is 6. The lowest BCUT2D eigenvalue weighted by atomic mass is 10.2. The zero-order valence-corrected chi connectivity index (χ0v) is 15.2. The van der Waals surface area contributed by atoms with Crippen LogP contribution in [0, 0.1) is 12.8 Å². The smallest absolute Gasteiger partial charge is 0.227 e. The summed E-state index contributed by atoms with van der Waals surface area (Å²) in [7, 11) is 0. The highest BCUT2D eigenvalue weighted by Gasteiger charge is 2.24. The highest BCUT2D eigenvalue weighted by atomic mass is 16.1. The molecule has 136 valence electrons. The second-order valence-corrected chi connectivity index (χ2v) is 7.29. The second-order valence-electron chi connectivity index (χ2n) is 7.29. The van der Waals surface area contributed by atoms with Crippen LogP contribution in [-0.2, 0) is 4.79 Å². The molecule has 6 nitrogen and oxygen atoms in total. The third-order valence-electron chi connectivity index (χ3n) is 4.84. The van der Waals surface area contributed by atoms with E-state index in [4.69, 9.17) is 0 Å². The molecule has 1 aliphatic carbocycles. The summed E-state index contributed by atoms with van der Waals surface area (Å²) < 4.78 is 0. The van der Waals surface area contributed by atoms with Gasteiger partial charge in [0.2, 0.25) is 11.9 Å². The second kappa shape index (κ2) is 7.32. The Morgan fingerprint density at radius 2 is 1.81 bits per heavy atom. The van der Waals surface area contributed by atoms with Crippen molar-refractivity contribution in [3.63, 3.8) is 0 Å². The van der Waals surface area contributed by atoms with E-state index in [0.29, 0.717) is 12.3 Å². The summed E-state index contributed by atoms with van der Waals surface area (Å²) in [5.41, 5.74) is 2.72. The number of anilines is 4. The summed E-state index contributed by atoms with van der Waals surface area (Å²) in [4.78, 5) is 23.3. The first-order valence-electron chi connectivity index (χ1n) is 9.43. The molecule has 0 atom stereocenters. The van der Waals surface area contributed by atoms with Gasteiger partial charge in [-0.1, -0.05) is 0 Å². The lowest BCUT2D eigenvalue weighted by Crippen LogP contribution is -2.21. The van der Waals surface area contributed by atoms with Gasteiger partial charge in [-0.05, 0) is 62.8 Å². The van der Waals surface area contributed by atoms with E-state index in [1.54, 1.807) is 0 Å². The van der Waals surface area contributed by atoms with E-state index in [9.17, 15) is 4.79 Å². The number of hydrogen-bond donors (Lipinski definition) is 2. The minimum atomic E-state index is 0.106. The van der Waals surface area contributed by atoms with Crippen molar-refractivity contribution in [3.05, 3.63) is 36.0 Å². The SMILES string of the molecule is Cc1cc(Nc2ccc(NC(=O)CC3CC3)cc2)nc(N2CCCC2)n1. The lowest BCUT2D eigenvalue weighted by Gasteiger charge is -2.17. The van der Waals surface area contributed by atoms with Crippen LogP contribution in [0.5, 0.6) is 0 Å². The van der Waals surface area contributed by atoms with Gasteiger partial charge >= 0.3 is 0 Å². The van der Waals surface area contributed by atoms with E-state index in [-0.39, 0.29) is 5.91 Å². The number of nitrogens with zero attached hydrogens (tertiary/aromatic N) is 3. The van der Waals surface area contributed by atoms with Crippen LogP contribution in [0.2, 0.25) is 0 Å². The molecule has 2 aliphatic rings. The van der Waals surface area contributed by atoms with Crippen LogP contribution in [0.15, 0.2) is 30.3 Å². The summed E-state index contributed by atoms with van der Waals surface area (Å²) in [6, 6.07) is 9.70. The van der Waals surface area contributed by atoms with Crippen LogP contribution >= 0.6 is 0 Å². The molecule has 1 aromatic heterocycles. The molecule has 1 saturated heterocycles. The summed E-state index contributed by atoms with van der Waals surface area (Å²) in [5, 5.41) is 6.30. The molecule has 4 rings (SSSR count). The molecular weight excluding hydrogens is 326 g/mol. The van der Waals surface area contributed by atoms with Crippen LogP contribution in [0.3, 0.4) is 0 Å². The molecule has 0 bridgehead atoms. The average Bonchev–Trinajstić information content (AvgIpc) is 3.24. The number of benzene rings is 1. The zero-order chi connectivity index (χ0) is 17.9.